The summed E-state index contributed by atoms with van der Waals surface area (Å²) >= 11 is 1.51. The van der Waals surface area contributed by atoms with Crippen molar-refractivity contribution < 1.29 is 9.59 Å². The zero-order valence-corrected chi connectivity index (χ0v) is 13.3. The maximum Gasteiger partial charge on any atom is 0.237 e. The molecule has 5 heteroatoms. The predicted molar refractivity (Wildman–Crippen MR) is 91.1 cm³/mol. The Balaban J connectivity index is 1.92. The summed E-state index contributed by atoms with van der Waals surface area (Å²) in [6.45, 7) is 3.33. The second-order valence-electron chi connectivity index (χ2n) is 4.82. The Morgan fingerprint density at radius 3 is 2.00 bits per heavy atom. The summed E-state index contributed by atoms with van der Waals surface area (Å²) in [4.78, 5) is 24.2. The average Bonchev–Trinajstić information content (AvgIpc) is 2.49. The van der Waals surface area contributed by atoms with Crippen LogP contribution in [0.3, 0.4) is 0 Å². The Morgan fingerprint density at radius 2 is 1.45 bits per heavy atom. The standard InChI is InChI=1S/C17H18N2O2S/c1-12(22-16-6-4-3-5-7-16)17(21)19-15-10-8-14(9-11-15)18-13(2)20/h3-12H,1-2H3,(H,18,20)(H,19,21). The van der Waals surface area contributed by atoms with Crippen LogP contribution in [0.2, 0.25) is 0 Å². The molecule has 2 amide bonds. The fourth-order valence-electron chi connectivity index (χ4n) is 1.84. The van der Waals surface area contributed by atoms with Crippen LogP contribution in [0.25, 0.3) is 0 Å². The van der Waals surface area contributed by atoms with Crippen LogP contribution in [0, 0.1) is 0 Å². The second kappa shape index (κ2) is 7.66. The highest BCUT2D eigenvalue weighted by Gasteiger charge is 2.14. The van der Waals surface area contributed by atoms with E-state index < -0.39 is 0 Å². The Morgan fingerprint density at radius 1 is 0.909 bits per heavy atom. The molecule has 0 bridgehead atoms. The second-order valence-corrected chi connectivity index (χ2v) is 6.24. The third-order valence-electron chi connectivity index (χ3n) is 2.90. The minimum absolute atomic E-state index is 0.0545. The molecule has 0 spiro atoms. The molecule has 2 rings (SSSR count). The van der Waals surface area contributed by atoms with Crippen molar-refractivity contribution in [3.05, 3.63) is 54.6 Å². The summed E-state index contributed by atoms with van der Waals surface area (Å²) in [5, 5.41) is 5.36. The van der Waals surface area contributed by atoms with Gasteiger partial charge in [0.2, 0.25) is 11.8 Å². The third-order valence-corrected chi connectivity index (χ3v) is 4.01. The van der Waals surface area contributed by atoms with Crippen molar-refractivity contribution in [2.45, 2.75) is 24.0 Å². The topological polar surface area (TPSA) is 58.2 Å². The summed E-state index contributed by atoms with van der Waals surface area (Å²) in [7, 11) is 0. The maximum absolute atomic E-state index is 12.2. The first-order valence-corrected chi connectivity index (χ1v) is 7.83. The number of thioether (sulfide) groups is 1. The van der Waals surface area contributed by atoms with Gasteiger partial charge >= 0.3 is 0 Å². The molecule has 0 aliphatic carbocycles. The summed E-state index contributed by atoms with van der Waals surface area (Å²) in [5.74, 6) is -0.175. The molecule has 22 heavy (non-hydrogen) atoms. The van der Waals surface area contributed by atoms with Gasteiger partial charge in [-0.25, -0.2) is 0 Å². The maximum atomic E-state index is 12.2. The summed E-state index contributed by atoms with van der Waals surface area (Å²) in [6, 6.07) is 16.9. The molecule has 0 saturated carbocycles. The van der Waals surface area contributed by atoms with E-state index in [4.69, 9.17) is 0 Å². The van der Waals surface area contributed by atoms with Gasteiger partial charge in [0.05, 0.1) is 5.25 Å². The fourth-order valence-corrected chi connectivity index (χ4v) is 2.73. The van der Waals surface area contributed by atoms with Gasteiger partial charge in [-0.3, -0.25) is 9.59 Å². The zero-order chi connectivity index (χ0) is 15.9. The molecule has 1 unspecified atom stereocenters. The lowest BCUT2D eigenvalue weighted by Crippen LogP contribution is -2.22. The van der Waals surface area contributed by atoms with E-state index in [9.17, 15) is 9.59 Å². The van der Waals surface area contributed by atoms with E-state index in [1.165, 1.54) is 18.7 Å². The fraction of sp³-hybridized carbons (Fsp3) is 0.176. The number of anilines is 2. The van der Waals surface area contributed by atoms with Crippen LogP contribution >= 0.6 is 11.8 Å². The first-order valence-electron chi connectivity index (χ1n) is 6.95. The third kappa shape index (κ3) is 4.93. The highest BCUT2D eigenvalue weighted by molar-refractivity contribution is 8.00. The van der Waals surface area contributed by atoms with Crippen LogP contribution in [0.5, 0.6) is 0 Å². The van der Waals surface area contributed by atoms with E-state index in [0.717, 1.165) is 4.90 Å². The van der Waals surface area contributed by atoms with Crippen LogP contribution in [-0.2, 0) is 9.59 Å². The van der Waals surface area contributed by atoms with Gasteiger partial charge in [-0.05, 0) is 43.3 Å². The van der Waals surface area contributed by atoms with E-state index in [2.05, 4.69) is 10.6 Å². The van der Waals surface area contributed by atoms with Gasteiger partial charge in [-0.2, -0.15) is 0 Å². The Hall–Kier alpha value is -2.27. The molecule has 0 fully saturated rings. The van der Waals surface area contributed by atoms with Gasteiger partial charge in [0.1, 0.15) is 0 Å². The van der Waals surface area contributed by atoms with Crippen LogP contribution < -0.4 is 10.6 Å². The number of rotatable bonds is 5. The molecular formula is C17H18N2O2S. The van der Waals surface area contributed by atoms with Crippen molar-refractivity contribution in [1.29, 1.82) is 0 Å². The molecule has 1 atom stereocenters. The number of benzene rings is 2. The lowest BCUT2D eigenvalue weighted by atomic mass is 10.2. The lowest BCUT2D eigenvalue weighted by molar-refractivity contribution is -0.115. The number of amides is 2. The van der Waals surface area contributed by atoms with Crippen LogP contribution in [-0.4, -0.2) is 17.1 Å². The largest absolute Gasteiger partial charge is 0.326 e. The van der Waals surface area contributed by atoms with E-state index in [0.29, 0.717) is 11.4 Å². The monoisotopic (exact) mass is 314 g/mol. The molecule has 2 aromatic carbocycles. The normalized spacial score (nSPS) is 11.5. The highest BCUT2D eigenvalue weighted by Crippen LogP contribution is 2.24. The SMILES string of the molecule is CC(=O)Nc1ccc(NC(=O)C(C)Sc2ccccc2)cc1. The van der Waals surface area contributed by atoms with Gasteiger partial charge in [0, 0.05) is 23.2 Å². The van der Waals surface area contributed by atoms with Crippen molar-refractivity contribution in [3.8, 4) is 0 Å². The number of nitrogens with one attached hydrogen (secondary N) is 2. The molecule has 0 saturated heterocycles. The number of hydrogen-bond donors (Lipinski definition) is 2. The first kappa shape index (κ1) is 16.1. The predicted octanol–water partition coefficient (Wildman–Crippen LogP) is 3.76. The highest BCUT2D eigenvalue weighted by atomic mass is 32.2. The average molecular weight is 314 g/mol. The molecular weight excluding hydrogens is 296 g/mol. The lowest BCUT2D eigenvalue weighted by Gasteiger charge is -2.12. The van der Waals surface area contributed by atoms with Crippen molar-refractivity contribution >= 4 is 35.0 Å². The molecule has 0 heterocycles. The first-order chi connectivity index (χ1) is 10.5. The van der Waals surface area contributed by atoms with Crippen molar-refractivity contribution in [2.75, 3.05) is 10.6 Å². The van der Waals surface area contributed by atoms with Gasteiger partial charge in [0.15, 0.2) is 0 Å². The van der Waals surface area contributed by atoms with Crippen LogP contribution in [0.15, 0.2) is 59.5 Å². The molecule has 2 aromatic rings. The summed E-state index contributed by atoms with van der Waals surface area (Å²) < 4.78 is 0. The van der Waals surface area contributed by atoms with Gasteiger partial charge in [-0.15, -0.1) is 11.8 Å². The summed E-state index contributed by atoms with van der Waals surface area (Å²) in [6.07, 6.45) is 0. The van der Waals surface area contributed by atoms with E-state index in [1.807, 2.05) is 37.3 Å². The van der Waals surface area contributed by atoms with Gasteiger partial charge < -0.3 is 10.6 Å². The Labute approximate surface area is 134 Å². The van der Waals surface area contributed by atoms with Gasteiger partial charge in [-0.1, -0.05) is 18.2 Å². The van der Waals surface area contributed by atoms with E-state index >= 15 is 0 Å². The Kier molecular flexibility index (Phi) is 5.61. The molecule has 0 radical (unpaired) electrons. The molecule has 2 N–H and O–H groups in total. The van der Waals surface area contributed by atoms with E-state index in [1.54, 1.807) is 24.3 Å². The molecule has 0 aliphatic heterocycles. The minimum Gasteiger partial charge on any atom is -0.326 e. The number of hydrogen-bond acceptors (Lipinski definition) is 3. The summed E-state index contributed by atoms with van der Waals surface area (Å²) in [5.41, 5.74) is 1.41. The van der Waals surface area contributed by atoms with Crippen molar-refractivity contribution in [3.63, 3.8) is 0 Å². The van der Waals surface area contributed by atoms with Crippen molar-refractivity contribution in [2.24, 2.45) is 0 Å². The van der Waals surface area contributed by atoms with Crippen LogP contribution in [0.4, 0.5) is 11.4 Å². The van der Waals surface area contributed by atoms with Crippen molar-refractivity contribution in [1.82, 2.24) is 0 Å². The van der Waals surface area contributed by atoms with E-state index in [-0.39, 0.29) is 17.1 Å². The minimum atomic E-state index is -0.197. The molecule has 4 nitrogen and oxygen atoms in total. The quantitative estimate of drug-likeness (QED) is 0.826. The smallest absolute Gasteiger partial charge is 0.237 e. The zero-order valence-electron chi connectivity index (χ0n) is 12.5. The molecule has 0 aromatic heterocycles. The molecule has 114 valence electrons. The van der Waals surface area contributed by atoms with Crippen LogP contribution in [0.1, 0.15) is 13.8 Å². The molecule has 0 aliphatic rings. The Bertz CT molecular complexity index is 641. The number of carbonyl (C=O) groups excluding carboxylic acids is 2. The van der Waals surface area contributed by atoms with Gasteiger partial charge in [0.25, 0.3) is 0 Å². The number of carbonyl (C=O) groups is 2.